The summed E-state index contributed by atoms with van der Waals surface area (Å²) in [6, 6.07) is 19.7. The first-order chi connectivity index (χ1) is 17.0. The number of halogens is 3. The molecule has 0 radical (unpaired) electrons. The zero-order valence-corrected chi connectivity index (χ0v) is 20.1. The van der Waals surface area contributed by atoms with Crippen LogP contribution >= 0.6 is 11.6 Å². The van der Waals surface area contributed by atoms with Gasteiger partial charge in [-0.25, -0.2) is 8.78 Å². The topological polar surface area (TPSA) is 44.8 Å². The van der Waals surface area contributed by atoms with E-state index in [9.17, 15) is 13.6 Å². The standard InChI is InChI=1S/C27H28ClF2N3O2/c28-22-5-11-26(12-6-22)35-19-27(34)33-14-13-32(17-21-3-9-24(30)10-4-21)18-25(33)16-31-15-20-1-7-23(29)8-2-20/h1-12,25,31H,13-19H2. The predicted molar refractivity (Wildman–Crippen MR) is 132 cm³/mol. The van der Waals surface area contributed by atoms with Gasteiger partial charge in [-0.15, -0.1) is 0 Å². The van der Waals surface area contributed by atoms with Crippen LogP contribution in [-0.2, 0) is 17.9 Å². The van der Waals surface area contributed by atoms with Crippen molar-refractivity contribution in [3.8, 4) is 5.75 Å². The minimum Gasteiger partial charge on any atom is -0.484 e. The summed E-state index contributed by atoms with van der Waals surface area (Å²) in [6.07, 6.45) is 0. The Hall–Kier alpha value is -3.00. The molecule has 0 aromatic heterocycles. The molecule has 1 fully saturated rings. The molecule has 8 heteroatoms. The molecule has 1 aliphatic rings. The lowest BCUT2D eigenvalue weighted by Crippen LogP contribution is -2.58. The number of carbonyl (C=O) groups is 1. The molecule has 4 rings (SSSR count). The van der Waals surface area contributed by atoms with Gasteiger partial charge in [-0.05, 0) is 59.7 Å². The summed E-state index contributed by atoms with van der Waals surface area (Å²) in [7, 11) is 0. The Morgan fingerprint density at radius 2 is 1.54 bits per heavy atom. The fraction of sp³-hybridized carbons (Fsp3) is 0.296. The van der Waals surface area contributed by atoms with Crippen molar-refractivity contribution in [2.75, 3.05) is 32.8 Å². The van der Waals surface area contributed by atoms with Crippen LogP contribution in [-0.4, -0.2) is 54.5 Å². The maximum Gasteiger partial charge on any atom is 0.260 e. The quantitative estimate of drug-likeness (QED) is 0.471. The number of amides is 1. The second-order valence-corrected chi connectivity index (χ2v) is 9.04. The molecule has 3 aromatic carbocycles. The van der Waals surface area contributed by atoms with E-state index in [-0.39, 0.29) is 30.2 Å². The molecule has 0 saturated carbocycles. The molecule has 1 atom stereocenters. The molecule has 5 nitrogen and oxygen atoms in total. The summed E-state index contributed by atoms with van der Waals surface area (Å²) in [5, 5.41) is 4.00. The highest BCUT2D eigenvalue weighted by Gasteiger charge is 2.30. The number of nitrogens with one attached hydrogen (secondary N) is 1. The molecule has 3 aromatic rings. The predicted octanol–water partition coefficient (Wildman–Crippen LogP) is 4.50. The highest BCUT2D eigenvalue weighted by Crippen LogP contribution is 2.17. The van der Waals surface area contributed by atoms with Gasteiger partial charge in [0.1, 0.15) is 17.4 Å². The summed E-state index contributed by atoms with van der Waals surface area (Å²) < 4.78 is 32.2. The number of ether oxygens (including phenoxy) is 1. The third-order valence-electron chi connectivity index (χ3n) is 6.00. The van der Waals surface area contributed by atoms with Crippen LogP contribution in [0.15, 0.2) is 72.8 Å². The smallest absolute Gasteiger partial charge is 0.260 e. The first kappa shape index (κ1) is 25.1. The van der Waals surface area contributed by atoms with Crippen molar-refractivity contribution in [2.45, 2.75) is 19.1 Å². The average Bonchev–Trinajstić information content (AvgIpc) is 2.86. The summed E-state index contributed by atoms with van der Waals surface area (Å²) in [4.78, 5) is 17.2. The monoisotopic (exact) mass is 499 g/mol. The Kier molecular flexibility index (Phi) is 8.69. The van der Waals surface area contributed by atoms with Gasteiger partial charge in [-0.3, -0.25) is 9.69 Å². The fourth-order valence-corrected chi connectivity index (χ4v) is 4.28. The van der Waals surface area contributed by atoms with Crippen molar-refractivity contribution in [3.63, 3.8) is 0 Å². The lowest BCUT2D eigenvalue weighted by Gasteiger charge is -2.41. The van der Waals surface area contributed by atoms with E-state index in [2.05, 4.69) is 10.2 Å². The van der Waals surface area contributed by atoms with E-state index in [1.165, 1.54) is 24.3 Å². The van der Waals surface area contributed by atoms with E-state index in [1.54, 1.807) is 48.5 Å². The third kappa shape index (κ3) is 7.49. The number of nitrogens with zero attached hydrogens (tertiary/aromatic N) is 2. The molecule has 1 saturated heterocycles. The SMILES string of the molecule is O=C(COc1ccc(Cl)cc1)N1CCN(Cc2ccc(F)cc2)CC1CNCc1ccc(F)cc1. The third-order valence-corrected chi connectivity index (χ3v) is 6.26. The molecule has 1 aliphatic heterocycles. The van der Waals surface area contributed by atoms with Crippen molar-refractivity contribution >= 4 is 17.5 Å². The van der Waals surface area contributed by atoms with Crippen molar-refractivity contribution in [3.05, 3.63) is 101 Å². The number of rotatable bonds is 9. The zero-order chi connectivity index (χ0) is 24.6. The fourth-order valence-electron chi connectivity index (χ4n) is 4.16. The summed E-state index contributed by atoms with van der Waals surface area (Å²) in [5.41, 5.74) is 1.99. The minimum absolute atomic E-state index is 0.0615. The molecule has 35 heavy (non-hydrogen) atoms. The van der Waals surface area contributed by atoms with Gasteiger partial charge in [0.2, 0.25) is 0 Å². The Morgan fingerprint density at radius 1 is 0.914 bits per heavy atom. The summed E-state index contributed by atoms with van der Waals surface area (Å²) in [5.74, 6) is -0.0266. The second kappa shape index (κ2) is 12.1. The minimum atomic E-state index is -0.269. The van der Waals surface area contributed by atoms with Crippen LogP contribution in [0.25, 0.3) is 0 Å². The molecular weight excluding hydrogens is 472 g/mol. The van der Waals surface area contributed by atoms with Gasteiger partial charge in [0.05, 0.1) is 6.04 Å². The van der Waals surface area contributed by atoms with E-state index in [0.29, 0.717) is 50.0 Å². The number of benzene rings is 3. The highest BCUT2D eigenvalue weighted by atomic mass is 35.5. The second-order valence-electron chi connectivity index (χ2n) is 8.60. The van der Waals surface area contributed by atoms with Crippen LogP contribution < -0.4 is 10.1 Å². The van der Waals surface area contributed by atoms with Gasteiger partial charge in [0.25, 0.3) is 5.91 Å². The molecule has 0 bridgehead atoms. The summed E-state index contributed by atoms with van der Waals surface area (Å²) in [6.45, 7) is 3.69. The van der Waals surface area contributed by atoms with E-state index in [0.717, 1.165) is 11.1 Å². The van der Waals surface area contributed by atoms with Gasteiger partial charge in [-0.1, -0.05) is 35.9 Å². The van der Waals surface area contributed by atoms with Crippen molar-refractivity contribution in [1.82, 2.24) is 15.1 Å². The maximum atomic E-state index is 13.3. The average molecular weight is 500 g/mol. The Balaban J connectivity index is 1.37. The van der Waals surface area contributed by atoms with E-state index >= 15 is 0 Å². The maximum absolute atomic E-state index is 13.3. The van der Waals surface area contributed by atoms with Gasteiger partial charge >= 0.3 is 0 Å². The number of hydrogen-bond donors (Lipinski definition) is 1. The normalized spacial score (nSPS) is 16.3. The van der Waals surface area contributed by atoms with Crippen LogP contribution in [0.3, 0.4) is 0 Å². The molecule has 1 heterocycles. The molecule has 184 valence electrons. The Morgan fingerprint density at radius 3 is 2.20 bits per heavy atom. The van der Waals surface area contributed by atoms with Gasteiger partial charge < -0.3 is 15.0 Å². The molecule has 1 unspecified atom stereocenters. The highest BCUT2D eigenvalue weighted by molar-refractivity contribution is 6.30. The van der Waals surface area contributed by atoms with Crippen LogP contribution in [0.5, 0.6) is 5.75 Å². The number of piperazine rings is 1. The first-order valence-electron chi connectivity index (χ1n) is 11.6. The number of hydrogen-bond acceptors (Lipinski definition) is 4. The van der Waals surface area contributed by atoms with Gasteiger partial charge in [0, 0.05) is 44.3 Å². The number of carbonyl (C=O) groups excluding carboxylic acids is 1. The van der Waals surface area contributed by atoms with E-state index < -0.39 is 0 Å². The lowest BCUT2D eigenvalue weighted by molar-refractivity contribution is -0.138. The largest absolute Gasteiger partial charge is 0.484 e. The zero-order valence-electron chi connectivity index (χ0n) is 19.3. The molecule has 0 spiro atoms. The van der Waals surface area contributed by atoms with Crippen LogP contribution in [0.1, 0.15) is 11.1 Å². The van der Waals surface area contributed by atoms with Crippen LogP contribution in [0, 0.1) is 11.6 Å². The van der Waals surface area contributed by atoms with Crippen molar-refractivity contribution in [2.24, 2.45) is 0 Å². The first-order valence-corrected chi connectivity index (χ1v) is 11.9. The summed E-state index contributed by atoms with van der Waals surface area (Å²) >= 11 is 5.92. The van der Waals surface area contributed by atoms with Gasteiger partial charge in [-0.2, -0.15) is 0 Å². The van der Waals surface area contributed by atoms with Crippen LogP contribution in [0.2, 0.25) is 5.02 Å². The Labute approximate surface area is 209 Å². The molecule has 1 N–H and O–H groups in total. The van der Waals surface area contributed by atoms with Crippen molar-refractivity contribution in [1.29, 1.82) is 0 Å². The lowest BCUT2D eigenvalue weighted by atomic mass is 10.1. The molecular formula is C27H28ClF2N3O2. The molecule has 1 amide bonds. The Bertz CT molecular complexity index is 1090. The van der Waals surface area contributed by atoms with Crippen molar-refractivity contribution < 1.29 is 18.3 Å². The van der Waals surface area contributed by atoms with E-state index in [4.69, 9.17) is 16.3 Å². The molecule has 0 aliphatic carbocycles. The van der Waals surface area contributed by atoms with Crippen LogP contribution in [0.4, 0.5) is 8.78 Å². The van der Waals surface area contributed by atoms with Gasteiger partial charge in [0.15, 0.2) is 6.61 Å². The van der Waals surface area contributed by atoms with E-state index in [1.807, 2.05) is 4.90 Å².